The van der Waals surface area contributed by atoms with Crippen LogP contribution in [0, 0.1) is 5.92 Å². The van der Waals surface area contributed by atoms with Gasteiger partial charge in [0, 0.05) is 17.8 Å². The summed E-state index contributed by atoms with van der Waals surface area (Å²) in [5.41, 5.74) is 2.94. The molecular formula is C17H24N2. The summed E-state index contributed by atoms with van der Waals surface area (Å²) >= 11 is 0. The molecule has 19 heavy (non-hydrogen) atoms. The number of fused-ring (bicyclic) bond motifs is 1. The molecule has 0 aliphatic heterocycles. The van der Waals surface area contributed by atoms with Crippen LogP contribution >= 0.6 is 0 Å². The zero-order valence-electron chi connectivity index (χ0n) is 11.9. The molecule has 0 atom stereocenters. The Bertz CT molecular complexity index is 537. The van der Waals surface area contributed by atoms with E-state index < -0.39 is 0 Å². The molecule has 2 aromatic rings. The normalized spacial score (nSPS) is 15.8. The zero-order valence-corrected chi connectivity index (χ0v) is 11.9. The van der Waals surface area contributed by atoms with Crippen molar-refractivity contribution in [2.24, 2.45) is 5.92 Å². The molecule has 1 aliphatic rings. The Hall–Kier alpha value is -1.28. The first kappa shape index (κ1) is 12.7. The fourth-order valence-electron chi connectivity index (χ4n) is 3.07. The van der Waals surface area contributed by atoms with E-state index in [1.165, 1.54) is 55.2 Å². The lowest BCUT2D eigenvalue weighted by atomic mass is 9.85. The second-order valence-electron chi connectivity index (χ2n) is 5.81. The average Bonchev–Trinajstić information content (AvgIpc) is 2.72. The van der Waals surface area contributed by atoms with E-state index >= 15 is 0 Å². The number of para-hydroxylation sites is 1. The van der Waals surface area contributed by atoms with Crippen molar-refractivity contribution in [3.63, 3.8) is 0 Å². The highest BCUT2D eigenvalue weighted by molar-refractivity contribution is 5.81. The number of nitrogens with zero attached hydrogens (tertiary/aromatic N) is 1. The van der Waals surface area contributed by atoms with Crippen molar-refractivity contribution in [2.75, 3.05) is 13.6 Å². The van der Waals surface area contributed by atoms with Crippen LogP contribution in [0.15, 0.2) is 30.3 Å². The third kappa shape index (κ3) is 2.69. The highest BCUT2D eigenvalue weighted by Crippen LogP contribution is 2.31. The van der Waals surface area contributed by atoms with Gasteiger partial charge in [-0.1, -0.05) is 24.6 Å². The van der Waals surface area contributed by atoms with Crippen LogP contribution in [0.5, 0.6) is 0 Å². The predicted octanol–water partition coefficient (Wildman–Crippen LogP) is 3.59. The van der Waals surface area contributed by atoms with Gasteiger partial charge in [-0.2, -0.15) is 0 Å². The molecule has 2 heteroatoms. The smallest absolute Gasteiger partial charge is 0.0482 e. The third-order valence-corrected chi connectivity index (χ3v) is 4.42. The SMILES string of the molecule is CNCCCc1cc2ccccc2n1CC1CCC1. The van der Waals surface area contributed by atoms with Gasteiger partial charge >= 0.3 is 0 Å². The summed E-state index contributed by atoms with van der Waals surface area (Å²) in [6, 6.07) is 11.2. The fourth-order valence-corrected chi connectivity index (χ4v) is 3.07. The van der Waals surface area contributed by atoms with E-state index in [4.69, 9.17) is 0 Å². The first-order valence-electron chi connectivity index (χ1n) is 7.60. The van der Waals surface area contributed by atoms with Gasteiger partial charge in [0.15, 0.2) is 0 Å². The number of hydrogen-bond donors (Lipinski definition) is 1. The minimum atomic E-state index is 0.916. The summed E-state index contributed by atoms with van der Waals surface area (Å²) < 4.78 is 2.58. The largest absolute Gasteiger partial charge is 0.344 e. The van der Waals surface area contributed by atoms with E-state index in [9.17, 15) is 0 Å². The van der Waals surface area contributed by atoms with Gasteiger partial charge < -0.3 is 9.88 Å². The summed E-state index contributed by atoms with van der Waals surface area (Å²) in [5, 5.41) is 4.65. The van der Waals surface area contributed by atoms with Crippen LogP contribution < -0.4 is 5.32 Å². The number of nitrogens with one attached hydrogen (secondary N) is 1. The van der Waals surface area contributed by atoms with Crippen molar-refractivity contribution in [2.45, 2.75) is 38.6 Å². The molecule has 1 fully saturated rings. The van der Waals surface area contributed by atoms with Crippen LogP contribution in [0.25, 0.3) is 10.9 Å². The van der Waals surface area contributed by atoms with E-state index in [0.717, 1.165) is 12.5 Å². The minimum absolute atomic E-state index is 0.916. The van der Waals surface area contributed by atoms with Crippen molar-refractivity contribution < 1.29 is 0 Å². The Morgan fingerprint density at radius 2 is 2.11 bits per heavy atom. The molecule has 1 aromatic carbocycles. The molecule has 2 nitrogen and oxygen atoms in total. The molecule has 0 amide bonds. The van der Waals surface area contributed by atoms with Gasteiger partial charge in [0.25, 0.3) is 0 Å². The van der Waals surface area contributed by atoms with Crippen LogP contribution in [0.3, 0.4) is 0 Å². The Labute approximate surface area is 115 Å². The van der Waals surface area contributed by atoms with Crippen LogP contribution in [0.2, 0.25) is 0 Å². The monoisotopic (exact) mass is 256 g/mol. The fraction of sp³-hybridized carbons (Fsp3) is 0.529. The van der Waals surface area contributed by atoms with Gasteiger partial charge in [-0.25, -0.2) is 0 Å². The first-order chi connectivity index (χ1) is 9.38. The standard InChI is InChI=1S/C17H24N2/c1-18-11-5-9-16-12-15-8-2-3-10-17(15)19(16)13-14-6-4-7-14/h2-3,8,10,12,14,18H,4-7,9,11,13H2,1H3. The number of aryl methyl sites for hydroxylation is 1. The maximum Gasteiger partial charge on any atom is 0.0482 e. The lowest BCUT2D eigenvalue weighted by Gasteiger charge is -2.27. The molecule has 1 heterocycles. The molecule has 0 unspecified atom stereocenters. The zero-order chi connectivity index (χ0) is 13.1. The van der Waals surface area contributed by atoms with Gasteiger partial charge in [-0.15, -0.1) is 0 Å². The summed E-state index contributed by atoms with van der Waals surface area (Å²) in [7, 11) is 2.03. The molecule has 1 aliphatic carbocycles. The van der Waals surface area contributed by atoms with Crippen molar-refractivity contribution in [1.82, 2.24) is 9.88 Å². The molecule has 1 aromatic heterocycles. The van der Waals surface area contributed by atoms with Crippen LogP contribution in [0.4, 0.5) is 0 Å². The van der Waals surface area contributed by atoms with Gasteiger partial charge in [-0.05, 0) is 62.7 Å². The number of hydrogen-bond acceptors (Lipinski definition) is 1. The van der Waals surface area contributed by atoms with E-state index in [1.807, 2.05) is 7.05 Å². The molecule has 3 rings (SSSR count). The number of aromatic nitrogens is 1. The van der Waals surface area contributed by atoms with Crippen LogP contribution in [-0.2, 0) is 13.0 Å². The summed E-state index contributed by atoms with van der Waals surface area (Å²) in [6.45, 7) is 2.33. The average molecular weight is 256 g/mol. The lowest BCUT2D eigenvalue weighted by molar-refractivity contribution is 0.277. The number of rotatable bonds is 6. The van der Waals surface area contributed by atoms with Crippen LogP contribution in [0.1, 0.15) is 31.4 Å². The van der Waals surface area contributed by atoms with E-state index in [0.29, 0.717) is 0 Å². The van der Waals surface area contributed by atoms with Gasteiger partial charge in [0.05, 0.1) is 0 Å². The molecule has 0 saturated heterocycles. The maximum atomic E-state index is 3.25. The Kier molecular flexibility index (Phi) is 3.88. The summed E-state index contributed by atoms with van der Waals surface area (Å²) in [6.07, 6.45) is 6.67. The number of benzene rings is 1. The molecule has 102 valence electrons. The van der Waals surface area contributed by atoms with Gasteiger partial charge in [-0.3, -0.25) is 0 Å². The van der Waals surface area contributed by atoms with Crippen molar-refractivity contribution in [1.29, 1.82) is 0 Å². The topological polar surface area (TPSA) is 17.0 Å². The third-order valence-electron chi connectivity index (χ3n) is 4.42. The summed E-state index contributed by atoms with van der Waals surface area (Å²) in [4.78, 5) is 0. The molecule has 0 bridgehead atoms. The first-order valence-corrected chi connectivity index (χ1v) is 7.60. The Balaban J connectivity index is 1.86. The second-order valence-corrected chi connectivity index (χ2v) is 5.81. The highest BCUT2D eigenvalue weighted by atomic mass is 15.0. The molecule has 1 N–H and O–H groups in total. The Morgan fingerprint density at radius 3 is 2.84 bits per heavy atom. The molecule has 0 spiro atoms. The van der Waals surface area contributed by atoms with E-state index in [-0.39, 0.29) is 0 Å². The second kappa shape index (κ2) is 5.79. The quantitative estimate of drug-likeness (QED) is 0.782. The van der Waals surface area contributed by atoms with Crippen molar-refractivity contribution in [3.05, 3.63) is 36.0 Å². The molecule has 1 saturated carbocycles. The van der Waals surface area contributed by atoms with Crippen molar-refractivity contribution in [3.8, 4) is 0 Å². The molecular weight excluding hydrogens is 232 g/mol. The van der Waals surface area contributed by atoms with Crippen molar-refractivity contribution >= 4 is 10.9 Å². The van der Waals surface area contributed by atoms with Gasteiger partial charge in [0.2, 0.25) is 0 Å². The predicted molar refractivity (Wildman–Crippen MR) is 81.5 cm³/mol. The molecule has 0 radical (unpaired) electrons. The van der Waals surface area contributed by atoms with E-state index in [2.05, 4.69) is 40.2 Å². The maximum absolute atomic E-state index is 3.25. The van der Waals surface area contributed by atoms with Gasteiger partial charge in [0.1, 0.15) is 0 Å². The Morgan fingerprint density at radius 1 is 1.26 bits per heavy atom. The van der Waals surface area contributed by atoms with E-state index in [1.54, 1.807) is 0 Å². The highest BCUT2D eigenvalue weighted by Gasteiger charge is 2.20. The summed E-state index contributed by atoms with van der Waals surface area (Å²) in [5.74, 6) is 0.916. The lowest BCUT2D eigenvalue weighted by Crippen LogP contribution is -2.19. The minimum Gasteiger partial charge on any atom is -0.344 e. The van der Waals surface area contributed by atoms with Crippen LogP contribution in [-0.4, -0.2) is 18.2 Å².